The molecular formula is C17H20N4O6Si. The van der Waals surface area contributed by atoms with Crippen molar-refractivity contribution in [3.05, 3.63) is 44.1 Å². The summed E-state index contributed by atoms with van der Waals surface area (Å²) < 4.78 is 1.40. The van der Waals surface area contributed by atoms with Crippen LogP contribution < -0.4 is 11.2 Å². The number of benzene rings is 1. The van der Waals surface area contributed by atoms with Crippen LogP contribution in [0.2, 0.25) is 0 Å². The number of hydrogen-bond donors (Lipinski definition) is 5. The molecule has 10 nitrogen and oxygen atoms in total. The van der Waals surface area contributed by atoms with Crippen LogP contribution in [0.15, 0.2) is 21.7 Å². The summed E-state index contributed by atoms with van der Waals surface area (Å²) in [5.41, 5.74) is 1.11. The highest BCUT2D eigenvalue weighted by Gasteiger charge is 2.27. The molecule has 2 aliphatic heterocycles. The smallest absolute Gasteiger partial charge is 0.349 e. The van der Waals surface area contributed by atoms with E-state index in [4.69, 9.17) is 5.11 Å². The Bertz CT molecular complexity index is 1080. The third-order valence-electron chi connectivity index (χ3n) is 4.57. The highest BCUT2D eigenvalue weighted by molar-refractivity contribution is 5.81. The van der Waals surface area contributed by atoms with Crippen LogP contribution in [0, 0.1) is 13.8 Å². The van der Waals surface area contributed by atoms with Crippen molar-refractivity contribution >= 4 is 22.0 Å². The monoisotopic (exact) mass is 404 g/mol. The number of aryl methyl sites for hydroxylation is 2. The molecule has 0 amide bonds. The third-order valence-corrected chi connectivity index (χ3v) is 4.57. The second-order valence-corrected chi connectivity index (χ2v) is 6.50. The molecule has 3 atom stereocenters. The summed E-state index contributed by atoms with van der Waals surface area (Å²) in [5.74, 6) is -0.0516. The lowest BCUT2D eigenvalue weighted by molar-refractivity contribution is -0.0802. The zero-order valence-electron chi connectivity index (χ0n) is 15.2. The summed E-state index contributed by atoms with van der Waals surface area (Å²) in [6.45, 7) is 2.73. The Balaban J connectivity index is 0.00000280. The van der Waals surface area contributed by atoms with Gasteiger partial charge in [0.25, 0.3) is 5.56 Å². The lowest BCUT2D eigenvalue weighted by atomic mass is 10.1. The van der Waals surface area contributed by atoms with E-state index in [1.54, 1.807) is 12.1 Å². The average molecular weight is 404 g/mol. The van der Waals surface area contributed by atoms with Crippen molar-refractivity contribution in [2.45, 2.75) is 38.7 Å². The molecule has 0 unspecified atom stereocenters. The summed E-state index contributed by atoms with van der Waals surface area (Å²) >= 11 is 0. The predicted molar refractivity (Wildman–Crippen MR) is 101 cm³/mol. The van der Waals surface area contributed by atoms with Crippen LogP contribution in [0.5, 0.6) is 0 Å². The van der Waals surface area contributed by atoms with Gasteiger partial charge in [0.05, 0.1) is 24.2 Å². The molecule has 0 saturated carbocycles. The molecule has 0 bridgehead atoms. The fourth-order valence-electron chi connectivity index (χ4n) is 2.89. The van der Waals surface area contributed by atoms with Crippen LogP contribution >= 0.6 is 0 Å². The van der Waals surface area contributed by atoms with Crippen molar-refractivity contribution < 1.29 is 20.4 Å². The van der Waals surface area contributed by atoms with Crippen molar-refractivity contribution in [1.29, 1.82) is 0 Å². The average Bonchev–Trinajstić information content (AvgIpc) is 2.62. The van der Waals surface area contributed by atoms with Crippen molar-refractivity contribution in [2.75, 3.05) is 6.61 Å². The molecule has 3 rings (SSSR count). The lowest BCUT2D eigenvalue weighted by Gasteiger charge is -2.25. The molecule has 0 aromatic heterocycles. The van der Waals surface area contributed by atoms with Crippen LogP contribution in [-0.4, -0.2) is 75.8 Å². The zero-order valence-corrected chi connectivity index (χ0v) is 16.2. The van der Waals surface area contributed by atoms with Gasteiger partial charge in [-0.1, -0.05) is 0 Å². The van der Waals surface area contributed by atoms with Crippen LogP contribution in [0.3, 0.4) is 0 Å². The van der Waals surface area contributed by atoms with Gasteiger partial charge in [-0.15, -0.1) is 0 Å². The number of aliphatic hydroxyl groups excluding tert-OH is 4. The first-order valence-electron chi connectivity index (χ1n) is 8.29. The van der Waals surface area contributed by atoms with E-state index in [0.29, 0.717) is 11.0 Å². The Morgan fingerprint density at radius 2 is 1.71 bits per heavy atom. The summed E-state index contributed by atoms with van der Waals surface area (Å²) in [5, 5.41) is 38.8. The third kappa shape index (κ3) is 3.88. The fourth-order valence-corrected chi connectivity index (χ4v) is 2.89. The van der Waals surface area contributed by atoms with Gasteiger partial charge in [-0.3, -0.25) is 9.78 Å². The van der Waals surface area contributed by atoms with Crippen molar-refractivity contribution in [1.82, 2.24) is 19.5 Å². The van der Waals surface area contributed by atoms with Crippen LogP contribution in [0.25, 0.3) is 22.6 Å². The molecular weight excluding hydrogens is 384 g/mol. The Kier molecular flexibility index (Phi) is 6.47. The van der Waals surface area contributed by atoms with Gasteiger partial charge in [0, 0.05) is 11.0 Å². The van der Waals surface area contributed by atoms with Gasteiger partial charge in [0.2, 0.25) is 0 Å². The van der Waals surface area contributed by atoms with E-state index in [1.807, 2.05) is 13.8 Å². The van der Waals surface area contributed by atoms with Gasteiger partial charge >= 0.3 is 5.69 Å². The van der Waals surface area contributed by atoms with Crippen LogP contribution in [0.4, 0.5) is 0 Å². The van der Waals surface area contributed by atoms with E-state index < -0.39 is 36.2 Å². The molecule has 2 heterocycles. The van der Waals surface area contributed by atoms with Gasteiger partial charge in [0.15, 0.2) is 11.5 Å². The lowest BCUT2D eigenvalue weighted by Crippen LogP contribution is -2.42. The minimum absolute atomic E-state index is 0. The van der Waals surface area contributed by atoms with E-state index in [2.05, 4.69) is 15.0 Å². The number of hydrogen-bond acceptors (Lipinski definition) is 8. The van der Waals surface area contributed by atoms with Gasteiger partial charge < -0.3 is 25.0 Å². The molecule has 28 heavy (non-hydrogen) atoms. The minimum Gasteiger partial charge on any atom is -0.394 e. The van der Waals surface area contributed by atoms with E-state index in [0.717, 1.165) is 11.1 Å². The molecule has 4 radical (unpaired) electrons. The maximum atomic E-state index is 12.2. The van der Waals surface area contributed by atoms with Crippen LogP contribution in [-0.2, 0) is 6.54 Å². The first kappa shape index (κ1) is 21.9. The largest absolute Gasteiger partial charge is 0.394 e. The van der Waals surface area contributed by atoms with Crippen molar-refractivity contribution in [3.63, 3.8) is 0 Å². The number of aliphatic hydroxyl groups is 4. The molecule has 0 spiro atoms. The van der Waals surface area contributed by atoms with E-state index >= 15 is 0 Å². The topological polar surface area (TPSA) is 162 Å². The minimum atomic E-state index is -1.64. The highest BCUT2D eigenvalue weighted by atomic mass is 28.1. The molecule has 1 aromatic carbocycles. The number of nitrogens with one attached hydrogen (secondary N) is 1. The molecule has 5 N–H and O–H groups in total. The number of H-pyrrole nitrogens is 1. The Morgan fingerprint density at radius 1 is 1.07 bits per heavy atom. The molecule has 148 valence electrons. The first-order chi connectivity index (χ1) is 12.7. The van der Waals surface area contributed by atoms with E-state index in [9.17, 15) is 24.9 Å². The second kappa shape index (κ2) is 8.28. The molecule has 1 aromatic rings. The number of rotatable bonds is 5. The molecule has 2 aliphatic rings. The Labute approximate surface area is 163 Å². The summed E-state index contributed by atoms with van der Waals surface area (Å²) in [7, 11) is 0. The number of aromatic amines is 1. The van der Waals surface area contributed by atoms with E-state index in [-0.39, 0.29) is 29.0 Å². The normalized spacial score (nSPS) is 14.6. The zero-order chi connectivity index (χ0) is 19.9. The summed E-state index contributed by atoms with van der Waals surface area (Å²) in [6.07, 6.45) is -4.68. The van der Waals surface area contributed by atoms with Crippen molar-refractivity contribution in [2.24, 2.45) is 0 Å². The van der Waals surface area contributed by atoms with Crippen molar-refractivity contribution in [3.8, 4) is 11.5 Å². The van der Waals surface area contributed by atoms with Gasteiger partial charge in [0.1, 0.15) is 18.3 Å². The molecule has 0 saturated heterocycles. The SMILES string of the molecule is Cc1cc2nc3c(=O)[nH]c(=O)nc-3n(C[C@H](O)[C@H](O)[C@H](O)CO)c2cc1C.[Si]. The quantitative estimate of drug-likeness (QED) is 0.238. The van der Waals surface area contributed by atoms with Gasteiger partial charge in [-0.05, 0) is 37.1 Å². The van der Waals surface area contributed by atoms with Crippen LogP contribution in [0.1, 0.15) is 11.1 Å². The maximum absolute atomic E-state index is 12.2. The van der Waals surface area contributed by atoms with Gasteiger partial charge in [-0.2, -0.15) is 4.98 Å². The number of fused-ring (bicyclic) bond motifs is 2. The van der Waals surface area contributed by atoms with E-state index in [1.165, 1.54) is 4.57 Å². The summed E-state index contributed by atoms with van der Waals surface area (Å²) in [6, 6.07) is 3.53. The Morgan fingerprint density at radius 3 is 2.36 bits per heavy atom. The predicted octanol–water partition coefficient (Wildman–Crippen LogP) is -2.10. The highest BCUT2D eigenvalue weighted by Crippen LogP contribution is 2.24. The van der Waals surface area contributed by atoms with Gasteiger partial charge in [-0.25, -0.2) is 9.78 Å². The maximum Gasteiger partial charge on any atom is 0.349 e. The number of aromatic nitrogens is 4. The second-order valence-electron chi connectivity index (χ2n) is 6.50. The molecule has 0 fully saturated rings. The Hall–Kier alpha value is -2.44. The fraction of sp³-hybridized carbons (Fsp3) is 0.412. The summed E-state index contributed by atoms with van der Waals surface area (Å²) in [4.78, 5) is 34.0. The standard InChI is InChI=1S/C17H20N4O6.Si/c1-7-3-9-10(4-8(7)2)21(5-11(23)14(25)12(24)6-22)15-13(18-9)16(26)20-17(27)19-15;/h3-4,11-12,14,22-25H,5-6H2,1-2H3,(H,20,26,27);/t11-,12+,14-;/m0./s1. The molecule has 11 heteroatoms. The number of nitrogens with zero attached hydrogens (tertiary/aromatic N) is 3. The first-order valence-corrected chi connectivity index (χ1v) is 8.29. The molecule has 0 aliphatic carbocycles.